The van der Waals surface area contributed by atoms with Crippen molar-refractivity contribution in [2.24, 2.45) is 10.8 Å². The second-order valence-corrected chi connectivity index (χ2v) is 11.2. The van der Waals surface area contributed by atoms with E-state index in [1.165, 1.54) is 24.8 Å². The van der Waals surface area contributed by atoms with Crippen molar-refractivity contribution in [3.63, 3.8) is 0 Å². The first-order chi connectivity index (χ1) is 15.1. The summed E-state index contributed by atoms with van der Waals surface area (Å²) >= 11 is 0. The SMILES string of the molecule is COc1c(N(OCc2ccccc2)C2(C(C)(C)CC(C)(C)C)CCCCC2)ccnc1C. The molecule has 4 heteroatoms. The van der Waals surface area contributed by atoms with Crippen LogP contribution in [0.2, 0.25) is 0 Å². The third kappa shape index (κ3) is 5.28. The molecule has 2 aromatic rings. The van der Waals surface area contributed by atoms with E-state index < -0.39 is 0 Å². The van der Waals surface area contributed by atoms with Crippen LogP contribution >= 0.6 is 0 Å². The van der Waals surface area contributed by atoms with Gasteiger partial charge in [-0.15, -0.1) is 0 Å². The molecule has 0 N–H and O–H groups in total. The summed E-state index contributed by atoms with van der Waals surface area (Å²) in [4.78, 5) is 11.3. The molecule has 0 amide bonds. The van der Waals surface area contributed by atoms with Gasteiger partial charge in [0, 0.05) is 6.20 Å². The first-order valence-electron chi connectivity index (χ1n) is 12.1. The molecular formula is C28H42N2O2. The van der Waals surface area contributed by atoms with E-state index in [-0.39, 0.29) is 16.4 Å². The molecule has 176 valence electrons. The monoisotopic (exact) mass is 438 g/mol. The van der Waals surface area contributed by atoms with Gasteiger partial charge in [-0.2, -0.15) is 0 Å². The van der Waals surface area contributed by atoms with E-state index in [9.17, 15) is 0 Å². The average Bonchev–Trinajstić information content (AvgIpc) is 2.73. The number of rotatable bonds is 8. The quantitative estimate of drug-likeness (QED) is 0.400. The molecule has 0 unspecified atom stereocenters. The van der Waals surface area contributed by atoms with E-state index in [4.69, 9.17) is 9.57 Å². The number of nitrogens with zero attached hydrogens (tertiary/aromatic N) is 2. The van der Waals surface area contributed by atoms with Gasteiger partial charge in [-0.25, -0.2) is 5.06 Å². The summed E-state index contributed by atoms with van der Waals surface area (Å²) in [5.41, 5.74) is 3.16. The molecule has 1 aromatic carbocycles. The molecule has 32 heavy (non-hydrogen) atoms. The number of aromatic nitrogens is 1. The van der Waals surface area contributed by atoms with Crippen molar-refractivity contribution < 1.29 is 9.57 Å². The number of anilines is 1. The number of hydrogen-bond donors (Lipinski definition) is 0. The van der Waals surface area contributed by atoms with Crippen LogP contribution in [0, 0.1) is 17.8 Å². The second-order valence-electron chi connectivity index (χ2n) is 11.2. The Kier molecular flexibility index (Phi) is 7.54. The summed E-state index contributed by atoms with van der Waals surface area (Å²) in [5.74, 6) is 0.803. The number of aryl methyl sites for hydroxylation is 1. The molecule has 0 spiro atoms. The van der Waals surface area contributed by atoms with Crippen LogP contribution in [0.4, 0.5) is 5.69 Å². The number of pyridine rings is 1. The van der Waals surface area contributed by atoms with Crippen LogP contribution in [0.1, 0.15) is 84.4 Å². The highest BCUT2D eigenvalue weighted by atomic mass is 16.7. The molecule has 0 bridgehead atoms. The molecule has 1 saturated carbocycles. The number of hydrogen-bond acceptors (Lipinski definition) is 4. The van der Waals surface area contributed by atoms with E-state index in [0.29, 0.717) is 6.61 Å². The third-order valence-electron chi connectivity index (χ3n) is 6.99. The normalized spacial score (nSPS) is 16.6. The number of ether oxygens (including phenoxy) is 1. The van der Waals surface area contributed by atoms with E-state index >= 15 is 0 Å². The van der Waals surface area contributed by atoms with Gasteiger partial charge in [0.1, 0.15) is 5.69 Å². The van der Waals surface area contributed by atoms with Crippen LogP contribution in [0.5, 0.6) is 5.75 Å². The van der Waals surface area contributed by atoms with Crippen molar-refractivity contribution in [3.8, 4) is 5.75 Å². The minimum Gasteiger partial charge on any atom is -0.493 e. The molecule has 0 saturated heterocycles. The van der Waals surface area contributed by atoms with Gasteiger partial charge in [-0.3, -0.25) is 9.82 Å². The Labute approximate surface area is 195 Å². The molecule has 4 nitrogen and oxygen atoms in total. The van der Waals surface area contributed by atoms with Crippen molar-refractivity contribution >= 4 is 5.69 Å². The van der Waals surface area contributed by atoms with Crippen molar-refractivity contribution in [1.29, 1.82) is 0 Å². The number of methoxy groups -OCH3 is 1. The number of hydroxylamine groups is 1. The van der Waals surface area contributed by atoms with Crippen LogP contribution in [0.25, 0.3) is 0 Å². The topological polar surface area (TPSA) is 34.6 Å². The highest BCUT2D eigenvalue weighted by Gasteiger charge is 2.52. The Morgan fingerprint density at radius 3 is 2.22 bits per heavy atom. The standard InChI is InChI=1S/C28H42N2O2/c1-22-25(31-7)24(16-19-29-22)30(32-20-23-14-10-8-11-15-23)28(17-12-9-13-18-28)27(5,6)21-26(2,3)4/h8,10-11,14-16,19H,9,12-13,17-18,20-21H2,1-7H3. The summed E-state index contributed by atoms with van der Waals surface area (Å²) in [7, 11) is 1.73. The summed E-state index contributed by atoms with van der Waals surface area (Å²) < 4.78 is 5.87. The zero-order valence-electron chi connectivity index (χ0n) is 21.2. The van der Waals surface area contributed by atoms with Gasteiger partial charge in [0.2, 0.25) is 0 Å². The Morgan fingerprint density at radius 1 is 0.969 bits per heavy atom. The zero-order chi connectivity index (χ0) is 23.4. The first-order valence-corrected chi connectivity index (χ1v) is 12.1. The molecule has 1 heterocycles. The van der Waals surface area contributed by atoms with Crippen molar-refractivity contribution in [2.75, 3.05) is 12.2 Å². The van der Waals surface area contributed by atoms with Crippen LogP contribution < -0.4 is 9.80 Å². The summed E-state index contributed by atoms with van der Waals surface area (Å²) in [6.07, 6.45) is 8.91. The fourth-order valence-electron chi connectivity index (χ4n) is 5.87. The highest BCUT2D eigenvalue weighted by molar-refractivity contribution is 5.60. The maximum atomic E-state index is 6.78. The van der Waals surface area contributed by atoms with Crippen LogP contribution in [0.15, 0.2) is 42.6 Å². The second kappa shape index (κ2) is 9.82. The Balaban J connectivity index is 2.12. The van der Waals surface area contributed by atoms with E-state index in [1.54, 1.807) is 7.11 Å². The highest BCUT2D eigenvalue weighted by Crippen LogP contribution is 2.54. The maximum absolute atomic E-state index is 6.78. The van der Waals surface area contributed by atoms with Crippen LogP contribution in [-0.4, -0.2) is 17.6 Å². The molecule has 0 atom stereocenters. The van der Waals surface area contributed by atoms with Gasteiger partial charge in [0.15, 0.2) is 5.75 Å². The Hall–Kier alpha value is -2.07. The van der Waals surface area contributed by atoms with E-state index in [2.05, 4.69) is 75.0 Å². The van der Waals surface area contributed by atoms with Gasteiger partial charge in [0.05, 0.1) is 24.9 Å². The molecule has 3 rings (SSSR count). The Bertz CT molecular complexity index is 865. The fourth-order valence-corrected chi connectivity index (χ4v) is 5.87. The van der Waals surface area contributed by atoms with Gasteiger partial charge in [0.25, 0.3) is 0 Å². The lowest BCUT2D eigenvalue weighted by atomic mass is 9.59. The largest absolute Gasteiger partial charge is 0.493 e. The minimum absolute atomic E-state index is 0.0323. The predicted molar refractivity (Wildman–Crippen MR) is 133 cm³/mol. The van der Waals surface area contributed by atoms with Crippen LogP contribution in [0.3, 0.4) is 0 Å². The molecule has 0 aliphatic heterocycles. The van der Waals surface area contributed by atoms with Crippen molar-refractivity contribution in [1.82, 2.24) is 4.98 Å². The molecular weight excluding hydrogens is 396 g/mol. The lowest BCUT2D eigenvalue weighted by molar-refractivity contribution is -0.0461. The van der Waals surface area contributed by atoms with Gasteiger partial charge >= 0.3 is 0 Å². The molecule has 1 aliphatic carbocycles. The minimum atomic E-state index is -0.131. The van der Waals surface area contributed by atoms with Crippen molar-refractivity contribution in [3.05, 3.63) is 53.9 Å². The van der Waals surface area contributed by atoms with Gasteiger partial charge in [-0.05, 0) is 48.6 Å². The lowest BCUT2D eigenvalue weighted by Crippen LogP contribution is -2.60. The predicted octanol–water partition coefficient (Wildman–Crippen LogP) is 7.50. The third-order valence-corrected chi connectivity index (χ3v) is 6.99. The van der Waals surface area contributed by atoms with E-state index in [1.807, 2.05) is 19.2 Å². The zero-order valence-corrected chi connectivity index (χ0v) is 21.2. The van der Waals surface area contributed by atoms with Gasteiger partial charge < -0.3 is 4.74 Å². The smallest absolute Gasteiger partial charge is 0.165 e. The molecule has 1 aromatic heterocycles. The summed E-state index contributed by atoms with van der Waals surface area (Å²) in [5, 5.41) is 2.23. The maximum Gasteiger partial charge on any atom is 0.165 e. The van der Waals surface area contributed by atoms with Crippen LogP contribution in [-0.2, 0) is 11.4 Å². The van der Waals surface area contributed by atoms with Crippen molar-refractivity contribution in [2.45, 2.75) is 92.2 Å². The number of benzene rings is 1. The summed E-state index contributed by atoms with van der Waals surface area (Å²) in [6.45, 7) is 14.4. The summed E-state index contributed by atoms with van der Waals surface area (Å²) in [6, 6.07) is 12.5. The average molecular weight is 439 g/mol. The van der Waals surface area contributed by atoms with Gasteiger partial charge in [-0.1, -0.05) is 84.2 Å². The molecule has 0 radical (unpaired) electrons. The lowest BCUT2D eigenvalue weighted by Gasteiger charge is -2.57. The van der Waals surface area contributed by atoms with E-state index in [0.717, 1.165) is 36.4 Å². The molecule has 1 fully saturated rings. The molecule has 1 aliphatic rings. The first kappa shape index (κ1) is 24.6. The Morgan fingerprint density at radius 2 is 1.62 bits per heavy atom. The fraction of sp³-hybridized carbons (Fsp3) is 0.607.